The van der Waals surface area contributed by atoms with Gasteiger partial charge in [-0.25, -0.2) is 0 Å². The predicted molar refractivity (Wildman–Crippen MR) is 104 cm³/mol. The zero-order valence-corrected chi connectivity index (χ0v) is 16.4. The van der Waals surface area contributed by atoms with Crippen LogP contribution < -0.4 is 0 Å². The van der Waals surface area contributed by atoms with Gasteiger partial charge in [0.25, 0.3) is 5.91 Å². The molecule has 2 saturated heterocycles. The molecule has 0 atom stereocenters. The second-order valence-corrected chi connectivity index (χ2v) is 8.97. The Morgan fingerprint density at radius 1 is 1.26 bits per heavy atom. The summed E-state index contributed by atoms with van der Waals surface area (Å²) in [7, 11) is 0. The van der Waals surface area contributed by atoms with Crippen LogP contribution in [0.3, 0.4) is 0 Å². The third kappa shape index (κ3) is 3.22. The van der Waals surface area contributed by atoms with E-state index in [0.29, 0.717) is 0 Å². The fourth-order valence-electron chi connectivity index (χ4n) is 4.66. The molecule has 2 fully saturated rings. The first kappa shape index (κ1) is 17.4. The van der Waals surface area contributed by atoms with Crippen LogP contribution in [-0.2, 0) is 23.3 Å². The van der Waals surface area contributed by atoms with Gasteiger partial charge in [-0.05, 0) is 49.8 Å². The SMILES string of the molecule is O=C(c1cc2c(s1)C1(CCN(Cc3ccn[nH]3)CC1)OCC2)N1CCCC1. The fraction of sp³-hybridized carbons (Fsp3) is 0.600. The molecule has 0 radical (unpaired) electrons. The number of rotatable bonds is 3. The third-order valence-corrected chi connectivity index (χ3v) is 7.54. The average Bonchev–Trinajstić information content (AvgIpc) is 3.45. The number of hydrogen-bond acceptors (Lipinski definition) is 5. The Balaban J connectivity index is 1.33. The van der Waals surface area contributed by atoms with Gasteiger partial charge in [-0.2, -0.15) is 5.10 Å². The summed E-state index contributed by atoms with van der Waals surface area (Å²) in [5.41, 5.74) is 2.31. The number of H-pyrrole nitrogens is 1. The van der Waals surface area contributed by atoms with Crippen LogP contribution >= 0.6 is 11.3 Å². The number of carbonyl (C=O) groups excluding carboxylic acids is 1. The van der Waals surface area contributed by atoms with E-state index in [2.05, 4.69) is 21.2 Å². The molecule has 0 bridgehead atoms. The summed E-state index contributed by atoms with van der Waals surface area (Å²) in [6.07, 6.45) is 6.99. The summed E-state index contributed by atoms with van der Waals surface area (Å²) in [5, 5.41) is 7.09. The zero-order valence-electron chi connectivity index (χ0n) is 15.6. The van der Waals surface area contributed by atoms with Crippen LogP contribution in [0.15, 0.2) is 18.3 Å². The number of hydrogen-bond donors (Lipinski definition) is 1. The highest BCUT2D eigenvalue weighted by Crippen LogP contribution is 2.45. The maximum Gasteiger partial charge on any atom is 0.263 e. The highest BCUT2D eigenvalue weighted by atomic mass is 32.1. The number of aromatic nitrogens is 2. The molecule has 5 rings (SSSR count). The van der Waals surface area contributed by atoms with Crippen molar-refractivity contribution in [1.29, 1.82) is 0 Å². The van der Waals surface area contributed by atoms with Gasteiger partial charge < -0.3 is 9.64 Å². The number of fused-ring (bicyclic) bond motifs is 2. The minimum absolute atomic E-state index is 0.188. The minimum atomic E-state index is -0.188. The first-order chi connectivity index (χ1) is 13.2. The maximum atomic E-state index is 12.8. The van der Waals surface area contributed by atoms with Gasteiger partial charge in [0.15, 0.2) is 0 Å². The van der Waals surface area contributed by atoms with Crippen LogP contribution in [0, 0.1) is 0 Å². The molecule has 0 aromatic carbocycles. The van der Waals surface area contributed by atoms with Crippen molar-refractivity contribution in [2.24, 2.45) is 0 Å². The average molecular weight is 387 g/mol. The van der Waals surface area contributed by atoms with Crippen molar-refractivity contribution in [2.75, 3.05) is 32.8 Å². The number of carbonyl (C=O) groups is 1. The summed E-state index contributed by atoms with van der Waals surface area (Å²) in [4.78, 5) is 19.5. The molecule has 1 N–H and O–H groups in total. The van der Waals surface area contributed by atoms with E-state index in [9.17, 15) is 4.79 Å². The summed E-state index contributed by atoms with van der Waals surface area (Å²) in [5.74, 6) is 0.221. The molecule has 2 aromatic rings. The summed E-state index contributed by atoms with van der Waals surface area (Å²) < 4.78 is 6.37. The molecule has 144 valence electrons. The first-order valence-electron chi connectivity index (χ1n) is 10.0. The van der Waals surface area contributed by atoms with E-state index in [-0.39, 0.29) is 11.5 Å². The van der Waals surface area contributed by atoms with E-state index < -0.39 is 0 Å². The molecular formula is C20H26N4O2S. The maximum absolute atomic E-state index is 12.8. The Hall–Kier alpha value is -1.70. The molecule has 6 nitrogen and oxygen atoms in total. The van der Waals surface area contributed by atoms with Crippen LogP contribution in [-0.4, -0.2) is 58.7 Å². The van der Waals surface area contributed by atoms with Crippen LogP contribution in [0.2, 0.25) is 0 Å². The molecule has 0 aliphatic carbocycles. The Morgan fingerprint density at radius 2 is 2.07 bits per heavy atom. The highest BCUT2D eigenvalue weighted by Gasteiger charge is 2.43. The first-order valence-corrected chi connectivity index (χ1v) is 10.8. The van der Waals surface area contributed by atoms with Gasteiger partial charge in [0.05, 0.1) is 11.5 Å². The van der Waals surface area contributed by atoms with Crippen molar-refractivity contribution in [1.82, 2.24) is 20.0 Å². The van der Waals surface area contributed by atoms with E-state index >= 15 is 0 Å². The number of ether oxygens (including phenoxy) is 1. The Bertz CT molecular complexity index is 802. The number of amides is 1. The van der Waals surface area contributed by atoms with Crippen LogP contribution in [0.5, 0.6) is 0 Å². The second kappa shape index (κ2) is 7.04. The van der Waals surface area contributed by atoms with Gasteiger partial charge in [0.1, 0.15) is 5.60 Å². The van der Waals surface area contributed by atoms with Gasteiger partial charge in [0.2, 0.25) is 0 Å². The molecule has 5 heterocycles. The molecule has 2 aromatic heterocycles. The monoisotopic (exact) mass is 386 g/mol. The molecular weight excluding hydrogens is 360 g/mol. The van der Waals surface area contributed by atoms with Crippen molar-refractivity contribution in [3.63, 3.8) is 0 Å². The fourth-order valence-corrected chi connectivity index (χ4v) is 6.04. The van der Waals surface area contributed by atoms with Crippen molar-refractivity contribution in [3.8, 4) is 0 Å². The van der Waals surface area contributed by atoms with E-state index in [1.54, 1.807) is 11.3 Å². The summed E-state index contributed by atoms with van der Waals surface area (Å²) in [6.45, 7) is 5.50. The zero-order chi connectivity index (χ0) is 18.3. The second-order valence-electron chi connectivity index (χ2n) is 7.92. The lowest BCUT2D eigenvalue weighted by atomic mass is 9.85. The van der Waals surface area contributed by atoms with Gasteiger partial charge in [-0.1, -0.05) is 0 Å². The molecule has 0 saturated carbocycles. The van der Waals surface area contributed by atoms with Crippen molar-refractivity contribution < 1.29 is 9.53 Å². The molecule has 1 amide bonds. The molecule has 0 unspecified atom stereocenters. The van der Waals surface area contributed by atoms with E-state index in [4.69, 9.17) is 4.74 Å². The van der Waals surface area contributed by atoms with Crippen LogP contribution in [0.4, 0.5) is 0 Å². The van der Waals surface area contributed by atoms with Gasteiger partial charge >= 0.3 is 0 Å². The van der Waals surface area contributed by atoms with Gasteiger partial charge in [-0.3, -0.25) is 14.8 Å². The number of piperidine rings is 1. The minimum Gasteiger partial charge on any atom is -0.369 e. The lowest BCUT2D eigenvalue weighted by Crippen LogP contribution is -2.45. The number of likely N-dealkylation sites (tertiary alicyclic amines) is 2. The van der Waals surface area contributed by atoms with E-state index in [1.807, 2.05) is 17.2 Å². The lowest BCUT2D eigenvalue weighted by Gasteiger charge is -2.43. The molecule has 1 spiro atoms. The Morgan fingerprint density at radius 3 is 2.81 bits per heavy atom. The summed E-state index contributed by atoms with van der Waals surface area (Å²) in [6, 6.07) is 4.19. The number of thiophene rings is 1. The van der Waals surface area contributed by atoms with Gasteiger partial charge in [0, 0.05) is 49.5 Å². The lowest BCUT2D eigenvalue weighted by molar-refractivity contribution is -0.0961. The van der Waals surface area contributed by atoms with E-state index in [0.717, 1.165) is 82.0 Å². The topological polar surface area (TPSA) is 61.5 Å². The Labute approximate surface area is 163 Å². The van der Waals surface area contributed by atoms with Crippen molar-refractivity contribution >= 4 is 17.2 Å². The molecule has 7 heteroatoms. The van der Waals surface area contributed by atoms with Crippen LogP contribution in [0.25, 0.3) is 0 Å². The Kier molecular flexibility index (Phi) is 4.53. The van der Waals surface area contributed by atoms with E-state index in [1.165, 1.54) is 10.4 Å². The number of nitrogens with one attached hydrogen (secondary N) is 1. The predicted octanol–water partition coefficient (Wildman–Crippen LogP) is 2.77. The third-order valence-electron chi connectivity index (χ3n) is 6.19. The standard InChI is InChI=1S/C20H26N4O2S/c25-19(24-8-1-2-9-24)17-13-15-4-12-26-20(18(15)27-17)5-10-23(11-6-20)14-16-3-7-21-22-16/h3,7,13H,1-2,4-6,8-12,14H2,(H,21,22). The van der Waals surface area contributed by atoms with Crippen molar-refractivity contribution in [3.05, 3.63) is 39.3 Å². The van der Waals surface area contributed by atoms with Gasteiger partial charge in [-0.15, -0.1) is 11.3 Å². The van der Waals surface area contributed by atoms with Crippen LogP contribution in [0.1, 0.15) is 51.5 Å². The summed E-state index contributed by atoms with van der Waals surface area (Å²) >= 11 is 1.69. The molecule has 27 heavy (non-hydrogen) atoms. The smallest absolute Gasteiger partial charge is 0.263 e. The number of aromatic amines is 1. The molecule has 3 aliphatic rings. The van der Waals surface area contributed by atoms with Crippen molar-refractivity contribution in [2.45, 2.75) is 44.2 Å². The quantitative estimate of drug-likeness (QED) is 0.881. The highest BCUT2D eigenvalue weighted by molar-refractivity contribution is 7.14. The number of nitrogens with zero attached hydrogens (tertiary/aromatic N) is 3. The normalized spacial score (nSPS) is 22.3. The largest absolute Gasteiger partial charge is 0.369 e. The molecule has 3 aliphatic heterocycles.